The van der Waals surface area contributed by atoms with Gasteiger partial charge in [0.2, 0.25) is 0 Å². The topological polar surface area (TPSA) is 44.7 Å². The SMILES string of the molecule is COc1ccc(C)cc1C(O)CNCCN1CCCC1. The van der Waals surface area contributed by atoms with Crippen LogP contribution in [0.25, 0.3) is 0 Å². The molecule has 1 aliphatic heterocycles. The van der Waals surface area contributed by atoms with E-state index in [2.05, 4.69) is 10.2 Å². The van der Waals surface area contributed by atoms with Gasteiger partial charge in [-0.15, -0.1) is 0 Å². The molecular formula is C16H26N2O2. The molecule has 0 radical (unpaired) electrons. The summed E-state index contributed by atoms with van der Waals surface area (Å²) in [7, 11) is 1.64. The average molecular weight is 278 g/mol. The van der Waals surface area contributed by atoms with E-state index < -0.39 is 6.10 Å². The molecule has 1 fully saturated rings. The first-order chi connectivity index (χ1) is 9.70. The van der Waals surface area contributed by atoms with E-state index in [-0.39, 0.29) is 0 Å². The third kappa shape index (κ3) is 4.20. The molecule has 1 atom stereocenters. The van der Waals surface area contributed by atoms with Gasteiger partial charge in [0, 0.05) is 25.2 Å². The van der Waals surface area contributed by atoms with E-state index in [0.29, 0.717) is 6.54 Å². The Morgan fingerprint density at radius 2 is 2.10 bits per heavy atom. The zero-order valence-corrected chi connectivity index (χ0v) is 12.6. The molecule has 0 aromatic heterocycles. The van der Waals surface area contributed by atoms with Crippen molar-refractivity contribution in [2.24, 2.45) is 0 Å². The zero-order chi connectivity index (χ0) is 14.4. The van der Waals surface area contributed by atoms with Crippen LogP contribution in [0.5, 0.6) is 5.75 Å². The molecule has 1 aliphatic rings. The van der Waals surface area contributed by atoms with Gasteiger partial charge in [-0.3, -0.25) is 0 Å². The molecule has 4 heteroatoms. The van der Waals surface area contributed by atoms with E-state index >= 15 is 0 Å². The van der Waals surface area contributed by atoms with Crippen molar-refractivity contribution in [3.8, 4) is 5.75 Å². The summed E-state index contributed by atoms with van der Waals surface area (Å²) in [6.07, 6.45) is 2.12. The quantitative estimate of drug-likeness (QED) is 0.746. The molecule has 112 valence electrons. The standard InChI is InChI=1S/C16H26N2O2/c1-13-5-6-16(20-2)14(11-13)15(19)12-17-7-10-18-8-3-4-9-18/h5-6,11,15,17,19H,3-4,7-10,12H2,1-2H3. The number of methoxy groups -OCH3 is 1. The number of rotatable bonds is 7. The molecular weight excluding hydrogens is 252 g/mol. The van der Waals surface area contributed by atoms with Gasteiger partial charge >= 0.3 is 0 Å². The summed E-state index contributed by atoms with van der Waals surface area (Å²) in [5, 5.41) is 13.6. The molecule has 0 aliphatic carbocycles. The fourth-order valence-corrected chi connectivity index (χ4v) is 2.71. The maximum absolute atomic E-state index is 10.3. The van der Waals surface area contributed by atoms with Crippen LogP contribution in [0.1, 0.15) is 30.1 Å². The van der Waals surface area contributed by atoms with Crippen molar-refractivity contribution < 1.29 is 9.84 Å². The van der Waals surface area contributed by atoms with Crippen molar-refractivity contribution in [3.05, 3.63) is 29.3 Å². The Bertz CT molecular complexity index is 417. The third-order valence-corrected chi connectivity index (χ3v) is 3.89. The van der Waals surface area contributed by atoms with Gasteiger partial charge in [0.1, 0.15) is 5.75 Å². The van der Waals surface area contributed by atoms with E-state index in [0.717, 1.165) is 30.0 Å². The van der Waals surface area contributed by atoms with Crippen molar-refractivity contribution in [1.29, 1.82) is 0 Å². The maximum Gasteiger partial charge on any atom is 0.124 e. The van der Waals surface area contributed by atoms with E-state index in [9.17, 15) is 5.11 Å². The van der Waals surface area contributed by atoms with Gasteiger partial charge in [-0.25, -0.2) is 0 Å². The van der Waals surface area contributed by atoms with Gasteiger partial charge in [0.25, 0.3) is 0 Å². The zero-order valence-electron chi connectivity index (χ0n) is 12.6. The molecule has 1 saturated heterocycles. The number of aliphatic hydroxyl groups is 1. The Morgan fingerprint density at radius 3 is 2.80 bits per heavy atom. The summed E-state index contributed by atoms with van der Waals surface area (Å²) in [5.74, 6) is 0.754. The van der Waals surface area contributed by atoms with Gasteiger partial charge in [-0.1, -0.05) is 11.6 Å². The molecule has 1 aromatic rings. The van der Waals surface area contributed by atoms with Gasteiger partial charge < -0.3 is 20.1 Å². The lowest BCUT2D eigenvalue weighted by Crippen LogP contribution is -2.32. The number of nitrogens with one attached hydrogen (secondary N) is 1. The smallest absolute Gasteiger partial charge is 0.124 e. The van der Waals surface area contributed by atoms with Crippen molar-refractivity contribution >= 4 is 0 Å². The highest BCUT2D eigenvalue weighted by Gasteiger charge is 2.14. The average Bonchev–Trinajstić information content (AvgIpc) is 2.96. The molecule has 20 heavy (non-hydrogen) atoms. The predicted molar refractivity (Wildman–Crippen MR) is 81.2 cm³/mol. The van der Waals surface area contributed by atoms with Crippen LogP contribution >= 0.6 is 0 Å². The molecule has 4 nitrogen and oxygen atoms in total. The third-order valence-electron chi connectivity index (χ3n) is 3.89. The monoisotopic (exact) mass is 278 g/mol. The van der Waals surface area contributed by atoms with Crippen molar-refractivity contribution in [1.82, 2.24) is 10.2 Å². The molecule has 0 saturated carbocycles. The Labute approximate surface area is 121 Å². The summed E-state index contributed by atoms with van der Waals surface area (Å²) in [5.41, 5.74) is 2.00. The summed E-state index contributed by atoms with van der Waals surface area (Å²) in [6.45, 7) is 7.01. The molecule has 1 unspecified atom stereocenters. The lowest BCUT2D eigenvalue weighted by Gasteiger charge is -2.18. The highest BCUT2D eigenvalue weighted by atomic mass is 16.5. The Balaban J connectivity index is 1.78. The number of hydrogen-bond acceptors (Lipinski definition) is 4. The fraction of sp³-hybridized carbons (Fsp3) is 0.625. The van der Waals surface area contributed by atoms with Crippen molar-refractivity contribution in [2.45, 2.75) is 25.9 Å². The number of nitrogens with zero attached hydrogens (tertiary/aromatic N) is 1. The molecule has 2 rings (SSSR count). The van der Waals surface area contributed by atoms with Crippen LogP contribution < -0.4 is 10.1 Å². The second kappa shape index (κ2) is 7.62. The summed E-state index contributed by atoms with van der Waals surface area (Å²) < 4.78 is 5.31. The second-order valence-electron chi connectivity index (χ2n) is 5.51. The van der Waals surface area contributed by atoms with E-state index in [1.807, 2.05) is 25.1 Å². The van der Waals surface area contributed by atoms with Gasteiger partial charge in [-0.2, -0.15) is 0 Å². The lowest BCUT2D eigenvalue weighted by molar-refractivity contribution is 0.169. The minimum absolute atomic E-state index is 0.525. The maximum atomic E-state index is 10.3. The first-order valence-corrected chi connectivity index (χ1v) is 7.46. The summed E-state index contributed by atoms with van der Waals surface area (Å²) in [6, 6.07) is 5.90. The predicted octanol–water partition coefficient (Wildman–Crippen LogP) is 1.72. The molecule has 0 bridgehead atoms. The Hall–Kier alpha value is -1.10. The largest absolute Gasteiger partial charge is 0.496 e. The number of ether oxygens (including phenoxy) is 1. The van der Waals surface area contributed by atoms with Gasteiger partial charge in [-0.05, 0) is 45.0 Å². The van der Waals surface area contributed by atoms with Crippen LogP contribution in [-0.2, 0) is 0 Å². The molecule has 0 amide bonds. The van der Waals surface area contributed by atoms with Crippen molar-refractivity contribution in [2.75, 3.05) is 39.8 Å². The van der Waals surface area contributed by atoms with Crippen LogP contribution in [0.3, 0.4) is 0 Å². The lowest BCUT2D eigenvalue weighted by atomic mass is 10.1. The second-order valence-corrected chi connectivity index (χ2v) is 5.51. The first-order valence-electron chi connectivity index (χ1n) is 7.46. The first kappa shape index (κ1) is 15.3. The number of likely N-dealkylation sites (tertiary alicyclic amines) is 1. The van der Waals surface area contributed by atoms with E-state index in [4.69, 9.17) is 4.74 Å². The molecule has 0 spiro atoms. The molecule has 2 N–H and O–H groups in total. The fourth-order valence-electron chi connectivity index (χ4n) is 2.71. The minimum Gasteiger partial charge on any atom is -0.496 e. The van der Waals surface area contributed by atoms with Gasteiger partial charge in [0.15, 0.2) is 0 Å². The summed E-state index contributed by atoms with van der Waals surface area (Å²) >= 11 is 0. The molecule has 1 aromatic carbocycles. The minimum atomic E-state index is -0.525. The number of aliphatic hydroxyl groups excluding tert-OH is 1. The highest BCUT2D eigenvalue weighted by molar-refractivity contribution is 5.38. The van der Waals surface area contributed by atoms with Crippen LogP contribution in [0, 0.1) is 6.92 Å². The van der Waals surface area contributed by atoms with Crippen LogP contribution in [0.4, 0.5) is 0 Å². The number of aryl methyl sites for hydroxylation is 1. The van der Waals surface area contributed by atoms with Crippen LogP contribution in [0.15, 0.2) is 18.2 Å². The highest BCUT2D eigenvalue weighted by Crippen LogP contribution is 2.25. The Morgan fingerprint density at radius 1 is 1.35 bits per heavy atom. The normalized spacial score (nSPS) is 17.4. The van der Waals surface area contributed by atoms with E-state index in [1.165, 1.54) is 25.9 Å². The van der Waals surface area contributed by atoms with Gasteiger partial charge in [0.05, 0.1) is 13.2 Å². The summed E-state index contributed by atoms with van der Waals surface area (Å²) in [4.78, 5) is 2.46. The number of hydrogen-bond donors (Lipinski definition) is 2. The Kier molecular flexibility index (Phi) is 5.83. The van der Waals surface area contributed by atoms with Crippen molar-refractivity contribution in [3.63, 3.8) is 0 Å². The van der Waals surface area contributed by atoms with Crippen LogP contribution in [-0.4, -0.2) is 49.8 Å². The molecule has 1 heterocycles. The van der Waals surface area contributed by atoms with E-state index in [1.54, 1.807) is 7.11 Å². The van der Waals surface area contributed by atoms with Crippen LogP contribution in [0.2, 0.25) is 0 Å². The number of benzene rings is 1.